The first-order valence-corrected chi connectivity index (χ1v) is 17.4. The Kier molecular flexibility index (Phi) is 19.3. The Morgan fingerprint density at radius 1 is 1.22 bits per heavy atom. The Morgan fingerprint density at radius 2 is 1.89 bits per heavy atom. The molecule has 0 saturated carbocycles. The van der Waals surface area contributed by atoms with Crippen LogP contribution < -0.4 is 15.1 Å². The van der Waals surface area contributed by atoms with Gasteiger partial charge in [-0.2, -0.15) is 0 Å². The summed E-state index contributed by atoms with van der Waals surface area (Å²) in [6, 6.07) is 7.41. The third kappa shape index (κ3) is 13.4. The first-order chi connectivity index (χ1) is 21.9. The number of amides is 1. The molecular weight excluding hydrogens is 608 g/mol. The molecule has 0 aliphatic heterocycles. The van der Waals surface area contributed by atoms with E-state index < -0.39 is 5.54 Å². The molecule has 5 nitrogen and oxygen atoms in total. The van der Waals surface area contributed by atoms with E-state index in [1.54, 1.807) is 6.08 Å². The summed E-state index contributed by atoms with van der Waals surface area (Å²) >= 11 is 8.10. The first-order valence-electron chi connectivity index (χ1n) is 16.2. The van der Waals surface area contributed by atoms with Crippen LogP contribution >= 0.6 is 22.9 Å². The molecule has 0 aromatic carbocycles. The lowest BCUT2D eigenvalue weighted by Gasteiger charge is -2.43. The summed E-state index contributed by atoms with van der Waals surface area (Å²) in [5.41, 5.74) is 1.29. The van der Waals surface area contributed by atoms with Crippen molar-refractivity contribution < 1.29 is 4.79 Å². The molecule has 1 aliphatic carbocycles. The summed E-state index contributed by atoms with van der Waals surface area (Å²) in [6.07, 6.45) is 15.2. The van der Waals surface area contributed by atoms with Crippen molar-refractivity contribution >= 4 is 48.7 Å². The van der Waals surface area contributed by atoms with Gasteiger partial charge in [0.2, 0.25) is 0 Å². The second kappa shape index (κ2) is 21.7. The van der Waals surface area contributed by atoms with Crippen LogP contribution in [0.25, 0.3) is 13.2 Å². The second-order valence-electron chi connectivity index (χ2n) is 12.2. The van der Waals surface area contributed by atoms with Crippen LogP contribution in [0, 0.1) is 11.8 Å². The normalized spacial score (nSPS) is 18.2. The van der Waals surface area contributed by atoms with Gasteiger partial charge in [0.05, 0.1) is 22.9 Å². The van der Waals surface area contributed by atoms with E-state index in [1.807, 2.05) is 36.1 Å². The van der Waals surface area contributed by atoms with Gasteiger partial charge in [-0.05, 0) is 63.1 Å². The van der Waals surface area contributed by atoms with E-state index in [4.69, 9.17) is 11.6 Å². The van der Waals surface area contributed by atoms with Gasteiger partial charge in [0.25, 0.3) is 5.91 Å². The number of unbranched alkanes of at least 4 members (excludes halogenated alkanes) is 1. The fourth-order valence-electron chi connectivity index (χ4n) is 4.79. The van der Waals surface area contributed by atoms with Crippen LogP contribution in [0.4, 0.5) is 0 Å². The summed E-state index contributed by atoms with van der Waals surface area (Å²) < 4.78 is 0.725. The SMILES string of the molecule is C=CC.C=N/C1=C/C/C=C\C=CC1(C)N(CC(=C)C(C)CNCCCC)CN(CC(C)C)C(=O)c1sc(=C)ccccc(=C)c1Cl. The van der Waals surface area contributed by atoms with Crippen LogP contribution in [-0.4, -0.2) is 60.8 Å². The van der Waals surface area contributed by atoms with E-state index in [0.717, 1.165) is 48.2 Å². The first kappa shape index (κ1) is 41.0. The number of nitrogens with zero attached hydrogens (tertiary/aromatic N) is 3. The number of carbonyl (C=O) groups excluding carboxylic acids is 1. The Balaban J connectivity index is 0.00000338. The minimum absolute atomic E-state index is 0.157. The monoisotopic (exact) mass is 664 g/mol. The van der Waals surface area contributed by atoms with Gasteiger partial charge in [-0.15, -0.1) is 17.9 Å². The van der Waals surface area contributed by atoms with Crippen molar-refractivity contribution in [2.45, 2.75) is 66.3 Å². The maximum Gasteiger partial charge on any atom is 0.266 e. The number of allylic oxidation sites excluding steroid dienone is 5. The minimum atomic E-state index is -0.636. The molecule has 1 aromatic rings. The van der Waals surface area contributed by atoms with E-state index >= 15 is 0 Å². The predicted octanol–water partition coefficient (Wildman–Crippen LogP) is 8.34. The molecule has 0 saturated heterocycles. The van der Waals surface area contributed by atoms with Gasteiger partial charge >= 0.3 is 0 Å². The van der Waals surface area contributed by atoms with Crippen LogP contribution in [0.3, 0.4) is 0 Å². The van der Waals surface area contributed by atoms with Gasteiger partial charge in [0.1, 0.15) is 4.88 Å². The number of halogens is 1. The Bertz CT molecular complexity index is 1410. The molecule has 0 radical (unpaired) electrons. The molecule has 0 spiro atoms. The average molecular weight is 665 g/mol. The van der Waals surface area contributed by atoms with Crippen molar-refractivity contribution in [3.05, 3.63) is 105 Å². The molecule has 1 aromatic heterocycles. The molecular formula is C39H57ClN4OS. The third-order valence-corrected chi connectivity index (χ3v) is 9.05. The zero-order valence-electron chi connectivity index (χ0n) is 29.2. The molecule has 2 rings (SSSR count). The fraction of sp³-hybridized carbons (Fsp3) is 0.436. The highest BCUT2D eigenvalue weighted by molar-refractivity contribution is 7.12. The number of hydrogen-bond acceptors (Lipinski definition) is 5. The molecule has 0 bridgehead atoms. The largest absolute Gasteiger partial charge is 0.325 e. The van der Waals surface area contributed by atoms with Crippen molar-refractivity contribution in [3.8, 4) is 0 Å². The Labute approximate surface area is 288 Å². The lowest BCUT2D eigenvalue weighted by atomic mass is 9.91. The minimum Gasteiger partial charge on any atom is -0.325 e. The Morgan fingerprint density at radius 3 is 2.52 bits per heavy atom. The van der Waals surface area contributed by atoms with Gasteiger partial charge in [-0.25, -0.2) is 0 Å². The maximum atomic E-state index is 14.4. The quantitative estimate of drug-likeness (QED) is 0.0888. The number of hydrogen-bond donors (Lipinski definition) is 1. The second-order valence-corrected chi connectivity index (χ2v) is 13.7. The topological polar surface area (TPSA) is 47.9 Å². The summed E-state index contributed by atoms with van der Waals surface area (Å²) in [4.78, 5) is 23.5. The van der Waals surface area contributed by atoms with Crippen molar-refractivity contribution in [3.63, 3.8) is 0 Å². The molecule has 1 amide bonds. The van der Waals surface area contributed by atoms with Crippen LogP contribution in [0.2, 0.25) is 5.02 Å². The van der Waals surface area contributed by atoms with Crippen LogP contribution in [0.15, 0.2) is 90.1 Å². The predicted molar refractivity (Wildman–Crippen MR) is 206 cm³/mol. The van der Waals surface area contributed by atoms with E-state index in [1.165, 1.54) is 11.3 Å². The summed E-state index contributed by atoms with van der Waals surface area (Å²) in [5.74, 6) is 0.305. The van der Waals surface area contributed by atoms with Crippen molar-refractivity contribution in [2.75, 3.05) is 32.8 Å². The summed E-state index contributed by atoms with van der Waals surface area (Å²) in [5, 5.41) is 4.49. The zero-order chi connectivity index (χ0) is 34.7. The van der Waals surface area contributed by atoms with Crippen LogP contribution in [0.5, 0.6) is 0 Å². The smallest absolute Gasteiger partial charge is 0.266 e. The van der Waals surface area contributed by atoms with Gasteiger partial charge in [0, 0.05) is 24.2 Å². The van der Waals surface area contributed by atoms with E-state index in [-0.39, 0.29) is 17.7 Å². The van der Waals surface area contributed by atoms with E-state index in [9.17, 15) is 4.79 Å². The zero-order valence-corrected chi connectivity index (χ0v) is 30.7. The number of aliphatic imine (C=N–C) groups is 1. The highest BCUT2D eigenvalue weighted by Crippen LogP contribution is 2.31. The van der Waals surface area contributed by atoms with Crippen LogP contribution in [-0.2, 0) is 0 Å². The number of nitrogens with one attached hydrogen (secondary N) is 1. The molecule has 2 atom stereocenters. The number of carbonyl (C=O) groups is 1. The van der Waals surface area contributed by atoms with Gasteiger partial charge in [0.15, 0.2) is 0 Å². The Hall–Kier alpha value is -3.03. The van der Waals surface area contributed by atoms with Crippen molar-refractivity contribution in [1.82, 2.24) is 15.1 Å². The van der Waals surface area contributed by atoms with Gasteiger partial charge in [-0.3, -0.25) is 14.7 Å². The number of rotatable bonds is 15. The van der Waals surface area contributed by atoms with Gasteiger partial charge < -0.3 is 10.2 Å². The standard InChI is InChI=1S/C36H51ClN4OS.C3H6/c1-10-11-22-39-23-29(5)30(6)25-41(36(8)21-17-13-12-14-20-32(36)38-9)26-40(24-27(2)3)35(42)34-33(37)28(4)18-15-16-19-31(7)43-34;1-3-2/h12-13,15-21,27,29,39H,4,6-7,9-11,14,22-26H2,1-3,5,8H3;3H,1H2,2H3/b13-12-,18-15?,19-16?,21-17?,32-20+,34-33?;. The van der Waals surface area contributed by atoms with Crippen molar-refractivity contribution in [2.24, 2.45) is 16.8 Å². The molecule has 1 N–H and O–H groups in total. The summed E-state index contributed by atoms with van der Waals surface area (Å²) in [6.45, 7) is 36.0. The molecule has 46 heavy (non-hydrogen) atoms. The highest BCUT2D eigenvalue weighted by Gasteiger charge is 2.36. The van der Waals surface area contributed by atoms with Crippen molar-refractivity contribution in [1.29, 1.82) is 0 Å². The lowest BCUT2D eigenvalue weighted by molar-refractivity contribution is 0.0494. The molecule has 0 fully saturated rings. The summed E-state index contributed by atoms with van der Waals surface area (Å²) in [7, 11) is 0. The van der Waals surface area contributed by atoms with Gasteiger partial charge in [-0.1, -0.05) is 126 Å². The van der Waals surface area contributed by atoms with Crippen LogP contribution in [0.1, 0.15) is 70.5 Å². The highest BCUT2D eigenvalue weighted by atomic mass is 35.5. The van der Waals surface area contributed by atoms with E-state index in [0.29, 0.717) is 34.9 Å². The maximum absolute atomic E-state index is 14.4. The van der Waals surface area contributed by atoms with E-state index in [2.05, 4.69) is 113 Å². The molecule has 252 valence electrons. The molecule has 7 heteroatoms. The third-order valence-electron chi connectivity index (χ3n) is 7.52. The fourth-order valence-corrected chi connectivity index (χ4v) is 5.89. The average Bonchev–Trinajstić information content (AvgIpc) is 3.06. The molecule has 1 aliphatic rings. The molecule has 1 heterocycles. The lowest BCUT2D eigenvalue weighted by Crippen LogP contribution is -2.54. The molecule has 2 unspecified atom stereocenters.